The van der Waals surface area contributed by atoms with Gasteiger partial charge in [-0.15, -0.1) is 0 Å². The van der Waals surface area contributed by atoms with E-state index in [1.54, 1.807) is 42.5 Å². The highest BCUT2D eigenvalue weighted by Gasteiger charge is 2.14. The highest BCUT2D eigenvalue weighted by molar-refractivity contribution is 9.10. The van der Waals surface area contributed by atoms with E-state index >= 15 is 0 Å². The number of anilines is 1. The monoisotopic (exact) mass is 494 g/mol. The summed E-state index contributed by atoms with van der Waals surface area (Å²) >= 11 is 3.47. The first-order valence-corrected chi connectivity index (χ1v) is 11.5. The fraction of sp³-hybridized carbons (Fsp3) is 0.231. The Labute approximate surface area is 197 Å². The minimum atomic E-state index is -0.263. The first kappa shape index (κ1) is 23.5. The van der Waals surface area contributed by atoms with Crippen LogP contribution in [0.5, 0.6) is 5.75 Å². The van der Waals surface area contributed by atoms with Crippen LogP contribution in [0.4, 0.5) is 5.69 Å². The molecule has 3 rings (SSSR count). The second-order valence-electron chi connectivity index (χ2n) is 7.49. The van der Waals surface area contributed by atoms with Crippen LogP contribution in [-0.4, -0.2) is 18.4 Å². The highest BCUT2D eigenvalue weighted by Crippen LogP contribution is 2.27. The molecule has 0 fully saturated rings. The van der Waals surface area contributed by atoms with Gasteiger partial charge in [0.1, 0.15) is 5.75 Å². The number of halogens is 1. The number of carbonyl (C=O) groups is 2. The molecule has 0 aliphatic heterocycles. The van der Waals surface area contributed by atoms with Gasteiger partial charge in [-0.05, 0) is 71.2 Å². The Morgan fingerprint density at radius 2 is 1.69 bits per heavy atom. The van der Waals surface area contributed by atoms with Gasteiger partial charge in [0.15, 0.2) is 0 Å². The molecule has 5 nitrogen and oxygen atoms in total. The van der Waals surface area contributed by atoms with E-state index in [2.05, 4.69) is 33.5 Å². The molecule has 0 radical (unpaired) electrons. The van der Waals surface area contributed by atoms with Crippen molar-refractivity contribution in [2.24, 2.45) is 0 Å². The number of carbonyl (C=O) groups excluding carboxylic acids is 2. The highest BCUT2D eigenvalue weighted by atomic mass is 79.9. The van der Waals surface area contributed by atoms with Gasteiger partial charge in [0.2, 0.25) is 0 Å². The summed E-state index contributed by atoms with van der Waals surface area (Å²) in [5.41, 5.74) is 2.55. The lowest BCUT2D eigenvalue weighted by Gasteiger charge is -2.15. The quantitative estimate of drug-likeness (QED) is 0.339. The van der Waals surface area contributed by atoms with Gasteiger partial charge in [-0.1, -0.05) is 49.7 Å². The van der Waals surface area contributed by atoms with Crippen molar-refractivity contribution >= 4 is 33.4 Å². The second-order valence-corrected chi connectivity index (χ2v) is 8.34. The topological polar surface area (TPSA) is 67.4 Å². The number of amides is 2. The summed E-state index contributed by atoms with van der Waals surface area (Å²) in [6.07, 6.45) is 2.03. The molecule has 0 heterocycles. The van der Waals surface area contributed by atoms with Crippen LogP contribution in [0.3, 0.4) is 0 Å². The van der Waals surface area contributed by atoms with Crippen molar-refractivity contribution < 1.29 is 14.3 Å². The Kier molecular flexibility index (Phi) is 8.45. The Balaban J connectivity index is 1.64. The fourth-order valence-corrected chi connectivity index (χ4v) is 3.63. The Hall–Kier alpha value is -3.12. The van der Waals surface area contributed by atoms with Crippen LogP contribution >= 0.6 is 15.9 Å². The Morgan fingerprint density at radius 1 is 0.938 bits per heavy atom. The van der Waals surface area contributed by atoms with Crippen LogP contribution in [0.25, 0.3) is 0 Å². The van der Waals surface area contributed by atoms with E-state index in [9.17, 15) is 9.59 Å². The second kappa shape index (κ2) is 11.5. The molecule has 2 amide bonds. The van der Waals surface area contributed by atoms with Gasteiger partial charge in [-0.25, -0.2) is 0 Å². The predicted molar refractivity (Wildman–Crippen MR) is 131 cm³/mol. The van der Waals surface area contributed by atoms with Crippen molar-refractivity contribution in [1.29, 1.82) is 0 Å². The average Bonchev–Trinajstić information content (AvgIpc) is 2.81. The average molecular weight is 495 g/mol. The molecule has 3 aromatic carbocycles. The third-order valence-electron chi connectivity index (χ3n) is 4.98. The zero-order valence-corrected chi connectivity index (χ0v) is 19.8. The first-order valence-electron chi connectivity index (χ1n) is 10.7. The molecule has 0 aliphatic rings. The maximum absolute atomic E-state index is 12.7. The predicted octanol–water partition coefficient (Wildman–Crippen LogP) is 6.37. The van der Waals surface area contributed by atoms with Crippen molar-refractivity contribution in [1.82, 2.24) is 5.32 Å². The molecule has 0 saturated heterocycles. The summed E-state index contributed by atoms with van der Waals surface area (Å²) in [6, 6.07) is 21.8. The molecule has 6 heteroatoms. The molecule has 3 aromatic rings. The number of hydrogen-bond acceptors (Lipinski definition) is 3. The molecule has 0 aromatic heterocycles. The van der Waals surface area contributed by atoms with Crippen LogP contribution in [0, 0.1) is 0 Å². The van der Waals surface area contributed by atoms with Crippen LogP contribution in [0.1, 0.15) is 59.0 Å². The number of ether oxygens (including phenoxy) is 1. The first-order chi connectivity index (χ1) is 15.5. The zero-order chi connectivity index (χ0) is 22.9. The Bertz CT molecular complexity index is 1070. The lowest BCUT2D eigenvalue weighted by Crippen LogP contribution is -2.26. The van der Waals surface area contributed by atoms with E-state index in [0.29, 0.717) is 29.2 Å². The minimum Gasteiger partial charge on any atom is -0.492 e. The minimum absolute atomic E-state index is 0.127. The molecule has 1 unspecified atom stereocenters. The summed E-state index contributed by atoms with van der Waals surface area (Å²) in [6.45, 7) is 4.68. The van der Waals surface area contributed by atoms with Crippen LogP contribution in [-0.2, 0) is 0 Å². The number of rotatable bonds is 9. The molecule has 166 valence electrons. The largest absolute Gasteiger partial charge is 0.492 e. The number of unbranched alkanes of at least 4 members (excludes halogenated alkanes) is 1. The van der Waals surface area contributed by atoms with Crippen LogP contribution < -0.4 is 15.4 Å². The molecule has 0 spiro atoms. The van der Waals surface area contributed by atoms with Crippen molar-refractivity contribution in [3.63, 3.8) is 0 Å². The molecule has 32 heavy (non-hydrogen) atoms. The molecule has 1 atom stereocenters. The summed E-state index contributed by atoms with van der Waals surface area (Å²) in [7, 11) is 0. The zero-order valence-electron chi connectivity index (χ0n) is 18.2. The van der Waals surface area contributed by atoms with Crippen molar-refractivity contribution in [3.05, 3.63) is 94.0 Å². The van der Waals surface area contributed by atoms with Gasteiger partial charge < -0.3 is 15.4 Å². The number of nitrogens with one attached hydrogen (secondary N) is 2. The van der Waals surface area contributed by atoms with Gasteiger partial charge >= 0.3 is 0 Å². The Morgan fingerprint density at radius 3 is 2.41 bits per heavy atom. The fourth-order valence-electron chi connectivity index (χ4n) is 3.13. The smallest absolute Gasteiger partial charge is 0.255 e. The van der Waals surface area contributed by atoms with E-state index in [-0.39, 0.29) is 17.9 Å². The maximum Gasteiger partial charge on any atom is 0.255 e. The van der Waals surface area contributed by atoms with E-state index < -0.39 is 0 Å². The van der Waals surface area contributed by atoms with Crippen LogP contribution in [0.2, 0.25) is 0 Å². The molecule has 0 bridgehead atoms. The summed E-state index contributed by atoms with van der Waals surface area (Å²) in [5, 5.41) is 5.84. The summed E-state index contributed by atoms with van der Waals surface area (Å²) in [5.74, 6) is 0.246. The lowest BCUT2D eigenvalue weighted by atomic mass is 10.1. The molecule has 0 saturated carbocycles. The van der Waals surface area contributed by atoms with E-state index in [0.717, 1.165) is 22.9 Å². The van der Waals surface area contributed by atoms with Crippen molar-refractivity contribution in [2.75, 3.05) is 11.9 Å². The van der Waals surface area contributed by atoms with E-state index in [4.69, 9.17) is 4.74 Å². The summed E-state index contributed by atoms with van der Waals surface area (Å²) < 4.78 is 6.44. The molecule has 2 N–H and O–H groups in total. The SMILES string of the molecule is CCCCOc1ccc(C(=O)Nc2cccc(C(=O)NC(C)c3ccccc3)c2)cc1Br. The molecule has 0 aliphatic carbocycles. The number of benzene rings is 3. The van der Waals surface area contributed by atoms with E-state index in [1.165, 1.54) is 0 Å². The van der Waals surface area contributed by atoms with Gasteiger partial charge in [-0.2, -0.15) is 0 Å². The summed E-state index contributed by atoms with van der Waals surface area (Å²) in [4.78, 5) is 25.4. The molecular weight excluding hydrogens is 468 g/mol. The van der Waals surface area contributed by atoms with E-state index in [1.807, 2.05) is 37.3 Å². The van der Waals surface area contributed by atoms with Crippen molar-refractivity contribution in [2.45, 2.75) is 32.7 Å². The van der Waals surface area contributed by atoms with Crippen LogP contribution in [0.15, 0.2) is 77.3 Å². The number of hydrogen-bond donors (Lipinski definition) is 2. The normalized spacial score (nSPS) is 11.5. The van der Waals surface area contributed by atoms with Gasteiger partial charge in [0.25, 0.3) is 11.8 Å². The third kappa shape index (κ3) is 6.44. The van der Waals surface area contributed by atoms with Gasteiger partial charge in [-0.3, -0.25) is 9.59 Å². The standard InChI is InChI=1S/C26H27BrN2O3/c1-3-4-15-32-24-14-13-21(17-23(24)27)26(31)29-22-12-8-11-20(16-22)25(30)28-18(2)19-9-6-5-7-10-19/h5-14,16-18H,3-4,15H2,1-2H3,(H,28,30)(H,29,31). The maximum atomic E-state index is 12.7. The van der Waals surface area contributed by atoms with Gasteiger partial charge in [0, 0.05) is 16.8 Å². The van der Waals surface area contributed by atoms with Crippen molar-refractivity contribution in [3.8, 4) is 5.75 Å². The van der Waals surface area contributed by atoms with Gasteiger partial charge in [0.05, 0.1) is 17.1 Å². The molecular formula is C26H27BrN2O3. The lowest BCUT2D eigenvalue weighted by molar-refractivity contribution is 0.0938. The third-order valence-corrected chi connectivity index (χ3v) is 5.60.